The Morgan fingerprint density at radius 2 is 1.81 bits per heavy atom. The van der Waals surface area contributed by atoms with Gasteiger partial charge in [-0.3, -0.25) is 4.72 Å². The Morgan fingerprint density at radius 3 is 2.29 bits per heavy atom. The summed E-state index contributed by atoms with van der Waals surface area (Å²) < 4.78 is 33.6. The summed E-state index contributed by atoms with van der Waals surface area (Å²) in [5.74, 6) is 0.674. The van der Waals surface area contributed by atoms with E-state index in [1.165, 1.54) is 17.9 Å². The second-order valence-corrected chi connectivity index (χ2v) is 7.17. The monoisotopic (exact) mass is 310 g/mol. The molecule has 0 saturated heterocycles. The van der Waals surface area contributed by atoms with E-state index in [-0.39, 0.29) is 10.6 Å². The number of rotatable bonds is 4. The summed E-state index contributed by atoms with van der Waals surface area (Å²) in [6, 6.07) is 6.71. The third-order valence-corrected chi connectivity index (χ3v) is 3.90. The van der Waals surface area contributed by atoms with Crippen LogP contribution in [-0.4, -0.2) is 29.0 Å². The average molecular weight is 310 g/mol. The van der Waals surface area contributed by atoms with Crippen molar-refractivity contribution in [2.24, 2.45) is 7.05 Å². The van der Waals surface area contributed by atoms with Crippen molar-refractivity contribution >= 4 is 15.7 Å². The van der Waals surface area contributed by atoms with Crippen LogP contribution in [0.4, 0.5) is 5.69 Å². The first kappa shape index (κ1) is 15.3. The molecule has 0 aliphatic rings. The minimum atomic E-state index is -3.70. The molecule has 2 aromatic rings. The third kappa shape index (κ3) is 3.94. The van der Waals surface area contributed by atoms with E-state index < -0.39 is 10.0 Å². The molecule has 0 fully saturated rings. The zero-order valence-electron chi connectivity index (χ0n) is 12.4. The Labute approximate surface area is 124 Å². The van der Waals surface area contributed by atoms with Crippen molar-refractivity contribution in [1.82, 2.24) is 15.0 Å². The third-order valence-electron chi connectivity index (χ3n) is 2.48. The molecule has 1 aromatic heterocycles. The van der Waals surface area contributed by atoms with Gasteiger partial charge in [0, 0.05) is 12.7 Å². The highest BCUT2D eigenvalue weighted by Crippen LogP contribution is 2.22. The normalized spacial score (nSPS) is 12.2. The van der Waals surface area contributed by atoms with Crippen LogP contribution < -0.4 is 9.46 Å². The molecule has 1 N–H and O–H groups in total. The molecule has 1 heterocycles. The number of nitrogens with one attached hydrogen (secondary N) is 1. The maximum Gasteiger partial charge on any atom is 0.280 e. The van der Waals surface area contributed by atoms with Gasteiger partial charge in [0.2, 0.25) is 0 Å². The van der Waals surface area contributed by atoms with E-state index in [0.29, 0.717) is 11.4 Å². The lowest BCUT2D eigenvalue weighted by Gasteiger charge is -2.21. The lowest BCUT2D eigenvalue weighted by Crippen LogP contribution is -2.22. The second kappa shape index (κ2) is 5.36. The standard InChI is InChI=1S/C13H18N4O3S/c1-13(2,3)20-11-7-5-10(6-8-11)15-21(18,19)12-9-14-16-17(12)4/h5-9,15H,1-4H3. The molecule has 21 heavy (non-hydrogen) atoms. The fourth-order valence-electron chi connectivity index (χ4n) is 1.68. The number of nitrogens with zero attached hydrogens (tertiary/aromatic N) is 3. The predicted molar refractivity (Wildman–Crippen MR) is 78.6 cm³/mol. The van der Waals surface area contributed by atoms with Crippen LogP contribution in [0.15, 0.2) is 35.5 Å². The fourth-order valence-corrected chi connectivity index (χ4v) is 2.80. The molecule has 7 nitrogen and oxygen atoms in total. The van der Waals surface area contributed by atoms with Crippen LogP contribution in [0.2, 0.25) is 0 Å². The molecular formula is C13H18N4O3S. The molecule has 1 aromatic carbocycles. The van der Waals surface area contributed by atoms with Gasteiger partial charge >= 0.3 is 0 Å². The Morgan fingerprint density at radius 1 is 1.19 bits per heavy atom. The van der Waals surface area contributed by atoms with Crippen molar-refractivity contribution in [3.05, 3.63) is 30.5 Å². The van der Waals surface area contributed by atoms with Gasteiger partial charge < -0.3 is 4.74 Å². The van der Waals surface area contributed by atoms with Crippen molar-refractivity contribution < 1.29 is 13.2 Å². The van der Waals surface area contributed by atoms with Crippen LogP contribution >= 0.6 is 0 Å². The minimum absolute atomic E-state index is 0.00230. The SMILES string of the molecule is Cn1nncc1S(=O)(=O)Nc1ccc(OC(C)(C)C)cc1. The van der Waals surface area contributed by atoms with Crippen molar-refractivity contribution in [1.29, 1.82) is 0 Å². The first-order chi connectivity index (χ1) is 9.67. The van der Waals surface area contributed by atoms with Gasteiger partial charge in [-0.2, -0.15) is 8.42 Å². The largest absolute Gasteiger partial charge is 0.488 e. The van der Waals surface area contributed by atoms with Crippen molar-refractivity contribution in [3.63, 3.8) is 0 Å². The summed E-state index contributed by atoms with van der Waals surface area (Å²) in [6.07, 6.45) is 1.19. The number of anilines is 1. The van der Waals surface area contributed by atoms with Gasteiger partial charge in [0.25, 0.3) is 10.0 Å². The topological polar surface area (TPSA) is 86.1 Å². The van der Waals surface area contributed by atoms with E-state index in [0.717, 1.165) is 0 Å². The molecule has 0 amide bonds. The summed E-state index contributed by atoms with van der Waals surface area (Å²) in [5, 5.41) is 7.16. The van der Waals surface area contributed by atoms with Crippen molar-refractivity contribution in [3.8, 4) is 5.75 Å². The maximum atomic E-state index is 12.2. The Kier molecular flexibility index (Phi) is 3.91. The number of sulfonamides is 1. The minimum Gasteiger partial charge on any atom is -0.488 e. The summed E-state index contributed by atoms with van der Waals surface area (Å²) in [7, 11) is -2.19. The number of hydrogen-bond donors (Lipinski definition) is 1. The Hall–Kier alpha value is -2.09. The van der Waals surface area contributed by atoms with Crippen molar-refractivity contribution in [2.75, 3.05) is 4.72 Å². The van der Waals surface area contributed by atoms with E-state index in [9.17, 15) is 8.42 Å². The van der Waals surface area contributed by atoms with Crippen LogP contribution in [0, 0.1) is 0 Å². The van der Waals surface area contributed by atoms with Crippen LogP contribution in [0.1, 0.15) is 20.8 Å². The van der Waals surface area contributed by atoms with E-state index >= 15 is 0 Å². The molecule has 0 atom stereocenters. The maximum absolute atomic E-state index is 12.2. The molecule has 0 bridgehead atoms. The van der Waals surface area contributed by atoms with E-state index in [4.69, 9.17) is 4.74 Å². The number of aromatic nitrogens is 3. The molecule has 0 aliphatic heterocycles. The zero-order valence-corrected chi connectivity index (χ0v) is 13.2. The first-order valence-electron chi connectivity index (χ1n) is 6.34. The summed E-state index contributed by atoms with van der Waals surface area (Å²) >= 11 is 0. The summed E-state index contributed by atoms with van der Waals surface area (Å²) in [4.78, 5) is 0. The van der Waals surface area contributed by atoms with Crippen LogP contribution in [-0.2, 0) is 17.1 Å². The molecule has 8 heteroatoms. The molecular weight excluding hydrogens is 292 g/mol. The lowest BCUT2D eigenvalue weighted by atomic mass is 10.2. The van der Waals surface area contributed by atoms with Crippen LogP contribution in [0.5, 0.6) is 5.75 Å². The van der Waals surface area contributed by atoms with Crippen molar-refractivity contribution in [2.45, 2.75) is 31.4 Å². The zero-order chi connectivity index (χ0) is 15.7. The number of ether oxygens (including phenoxy) is 1. The van der Waals surface area contributed by atoms with Gasteiger partial charge in [-0.05, 0) is 45.0 Å². The average Bonchev–Trinajstić information content (AvgIpc) is 2.77. The highest BCUT2D eigenvalue weighted by molar-refractivity contribution is 7.92. The quantitative estimate of drug-likeness (QED) is 0.930. The molecule has 0 saturated carbocycles. The molecule has 2 rings (SSSR count). The van der Waals surface area contributed by atoms with E-state index in [1.54, 1.807) is 24.3 Å². The van der Waals surface area contributed by atoms with Crippen LogP contribution in [0.3, 0.4) is 0 Å². The van der Waals surface area contributed by atoms with Gasteiger partial charge in [0.1, 0.15) is 11.4 Å². The number of aryl methyl sites for hydroxylation is 1. The molecule has 0 aliphatic carbocycles. The van der Waals surface area contributed by atoms with Gasteiger partial charge in [0.15, 0.2) is 5.03 Å². The van der Waals surface area contributed by atoms with Gasteiger partial charge in [-0.15, -0.1) is 5.10 Å². The van der Waals surface area contributed by atoms with Gasteiger partial charge in [-0.25, -0.2) is 4.68 Å². The second-order valence-electron chi connectivity index (χ2n) is 5.54. The predicted octanol–water partition coefficient (Wildman–Crippen LogP) is 1.79. The summed E-state index contributed by atoms with van der Waals surface area (Å²) in [6.45, 7) is 5.83. The molecule has 114 valence electrons. The number of hydrogen-bond acceptors (Lipinski definition) is 5. The Bertz CT molecular complexity index is 715. The molecule has 0 unspecified atom stereocenters. The highest BCUT2D eigenvalue weighted by atomic mass is 32.2. The number of benzene rings is 1. The lowest BCUT2D eigenvalue weighted by molar-refractivity contribution is 0.131. The summed E-state index contributed by atoms with van der Waals surface area (Å²) in [5.41, 5.74) is 0.138. The van der Waals surface area contributed by atoms with Gasteiger partial charge in [-0.1, -0.05) is 5.21 Å². The van der Waals surface area contributed by atoms with E-state index in [2.05, 4.69) is 15.0 Å². The Balaban J connectivity index is 2.16. The highest BCUT2D eigenvalue weighted by Gasteiger charge is 2.19. The molecule has 0 radical (unpaired) electrons. The van der Waals surface area contributed by atoms with Gasteiger partial charge in [0.05, 0.1) is 6.20 Å². The van der Waals surface area contributed by atoms with E-state index in [1.807, 2.05) is 20.8 Å². The molecule has 0 spiro atoms. The van der Waals surface area contributed by atoms with Crippen LogP contribution in [0.25, 0.3) is 0 Å². The smallest absolute Gasteiger partial charge is 0.280 e. The fraction of sp³-hybridized carbons (Fsp3) is 0.385. The first-order valence-corrected chi connectivity index (χ1v) is 7.82.